The Kier molecular flexibility index (Phi) is 3.28. The molecule has 1 heterocycles. The van der Waals surface area contributed by atoms with Gasteiger partial charge in [0.1, 0.15) is 5.82 Å². The standard InChI is InChI=1S/C14H12FNO/c1-10-9-16-6-5-13(10)14(17)8-11-3-2-4-12(15)7-11/h2-7,9H,8H2,1H3. The molecule has 0 radical (unpaired) electrons. The van der Waals surface area contributed by atoms with Crippen molar-refractivity contribution in [2.45, 2.75) is 13.3 Å². The van der Waals surface area contributed by atoms with Crippen LogP contribution in [-0.4, -0.2) is 10.8 Å². The summed E-state index contributed by atoms with van der Waals surface area (Å²) in [6.07, 6.45) is 3.45. The predicted molar refractivity (Wildman–Crippen MR) is 63.4 cm³/mol. The molecule has 0 saturated carbocycles. The third-order valence-electron chi connectivity index (χ3n) is 2.57. The molecule has 1 aromatic carbocycles. The van der Waals surface area contributed by atoms with Crippen LogP contribution in [0.2, 0.25) is 0 Å². The molecule has 3 heteroatoms. The molecule has 0 fully saturated rings. The van der Waals surface area contributed by atoms with Crippen LogP contribution in [0.1, 0.15) is 21.5 Å². The summed E-state index contributed by atoms with van der Waals surface area (Å²) in [5.41, 5.74) is 2.17. The summed E-state index contributed by atoms with van der Waals surface area (Å²) in [6.45, 7) is 1.84. The van der Waals surface area contributed by atoms with E-state index in [-0.39, 0.29) is 18.0 Å². The van der Waals surface area contributed by atoms with Crippen LogP contribution in [0.4, 0.5) is 4.39 Å². The highest BCUT2D eigenvalue weighted by molar-refractivity contribution is 5.98. The Morgan fingerprint density at radius 2 is 2.18 bits per heavy atom. The highest BCUT2D eigenvalue weighted by atomic mass is 19.1. The average Bonchev–Trinajstić information content (AvgIpc) is 2.29. The van der Waals surface area contributed by atoms with E-state index in [0.717, 1.165) is 5.56 Å². The van der Waals surface area contributed by atoms with Crippen molar-refractivity contribution in [3.63, 3.8) is 0 Å². The molecule has 0 unspecified atom stereocenters. The van der Waals surface area contributed by atoms with Gasteiger partial charge in [-0.25, -0.2) is 4.39 Å². The molecule has 0 aliphatic carbocycles. The van der Waals surface area contributed by atoms with Gasteiger partial charge in [-0.05, 0) is 36.2 Å². The molecule has 1 aromatic heterocycles. The van der Waals surface area contributed by atoms with Gasteiger partial charge in [-0.15, -0.1) is 0 Å². The van der Waals surface area contributed by atoms with Crippen LogP contribution < -0.4 is 0 Å². The Labute approximate surface area is 99.1 Å². The third-order valence-corrected chi connectivity index (χ3v) is 2.57. The molecule has 0 N–H and O–H groups in total. The zero-order valence-electron chi connectivity index (χ0n) is 9.48. The smallest absolute Gasteiger partial charge is 0.167 e. The molecule has 2 nitrogen and oxygen atoms in total. The summed E-state index contributed by atoms with van der Waals surface area (Å²) >= 11 is 0. The van der Waals surface area contributed by atoms with E-state index in [2.05, 4.69) is 4.98 Å². The minimum Gasteiger partial charge on any atom is -0.294 e. The molecule has 2 aromatic rings. The van der Waals surface area contributed by atoms with E-state index in [1.807, 2.05) is 6.92 Å². The van der Waals surface area contributed by atoms with Gasteiger partial charge in [-0.3, -0.25) is 9.78 Å². The lowest BCUT2D eigenvalue weighted by Gasteiger charge is -2.04. The fraction of sp³-hybridized carbons (Fsp3) is 0.143. The second-order valence-electron chi connectivity index (χ2n) is 3.92. The third kappa shape index (κ3) is 2.75. The number of hydrogen-bond donors (Lipinski definition) is 0. The van der Waals surface area contributed by atoms with Crippen molar-refractivity contribution in [2.75, 3.05) is 0 Å². The van der Waals surface area contributed by atoms with Crippen LogP contribution in [0.3, 0.4) is 0 Å². The van der Waals surface area contributed by atoms with Crippen LogP contribution in [0.5, 0.6) is 0 Å². The van der Waals surface area contributed by atoms with Crippen LogP contribution in [0.25, 0.3) is 0 Å². The number of carbonyl (C=O) groups is 1. The van der Waals surface area contributed by atoms with E-state index in [1.54, 1.807) is 30.6 Å². The topological polar surface area (TPSA) is 30.0 Å². The van der Waals surface area contributed by atoms with E-state index < -0.39 is 0 Å². The lowest BCUT2D eigenvalue weighted by atomic mass is 10.0. The van der Waals surface area contributed by atoms with Crippen LogP contribution >= 0.6 is 0 Å². The number of nitrogens with zero attached hydrogens (tertiary/aromatic N) is 1. The number of pyridine rings is 1. The number of aryl methyl sites for hydroxylation is 1. The van der Waals surface area contributed by atoms with Crippen molar-refractivity contribution >= 4 is 5.78 Å². The quantitative estimate of drug-likeness (QED) is 0.757. The minimum atomic E-state index is -0.318. The summed E-state index contributed by atoms with van der Waals surface area (Å²) < 4.78 is 13.0. The van der Waals surface area contributed by atoms with Gasteiger partial charge in [-0.2, -0.15) is 0 Å². The molecule has 0 saturated heterocycles. The summed E-state index contributed by atoms with van der Waals surface area (Å²) in [6, 6.07) is 7.80. The number of carbonyl (C=O) groups excluding carboxylic acids is 1. The number of halogens is 1. The van der Waals surface area contributed by atoms with Crippen molar-refractivity contribution in [3.8, 4) is 0 Å². The summed E-state index contributed by atoms with van der Waals surface area (Å²) in [7, 11) is 0. The van der Waals surface area contributed by atoms with Crippen molar-refractivity contribution in [2.24, 2.45) is 0 Å². The number of benzene rings is 1. The molecule has 0 amide bonds. The second kappa shape index (κ2) is 4.87. The molecule has 2 rings (SSSR count). The number of hydrogen-bond acceptors (Lipinski definition) is 2. The minimum absolute atomic E-state index is 0.0181. The monoisotopic (exact) mass is 229 g/mol. The Balaban J connectivity index is 2.20. The van der Waals surface area contributed by atoms with Crippen molar-refractivity contribution in [3.05, 3.63) is 65.2 Å². The van der Waals surface area contributed by atoms with Gasteiger partial charge in [0.2, 0.25) is 0 Å². The van der Waals surface area contributed by atoms with Crippen LogP contribution in [0.15, 0.2) is 42.7 Å². The fourth-order valence-corrected chi connectivity index (χ4v) is 1.71. The molecule has 0 spiro atoms. The molecule has 0 aliphatic heterocycles. The molecule has 0 atom stereocenters. The number of ketones is 1. The molecule has 0 bridgehead atoms. The van der Waals surface area contributed by atoms with Gasteiger partial charge in [0.05, 0.1) is 0 Å². The maximum Gasteiger partial charge on any atom is 0.167 e. The Hall–Kier alpha value is -2.03. The zero-order chi connectivity index (χ0) is 12.3. The lowest BCUT2D eigenvalue weighted by Crippen LogP contribution is -2.06. The Morgan fingerprint density at radius 1 is 1.35 bits per heavy atom. The van der Waals surface area contributed by atoms with Gasteiger partial charge >= 0.3 is 0 Å². The maximum absolute atomic E-state index is 13.0. The predicted octanol–water partition coefficient (Wildman–Crippen LogP) is 2.95. The first-order valence-electron chi connectivity index (χ1n) is 5.35. The largest absolute Gasteiger partial charge is 0.294 e. The molecule has 17 heavy (non-hydrogen) atoms. The number of aromatic nitrogens is 1. The molecule has 86 valence electrons. The van der Waals surface area contributed by atoms with Gasteiger partial charge < -0.3 is 0 Å². The fourth-order valence-electron chi connectivity index (χ4n) is 1.71. The second-order valence-corrected chi connectivity index (χ2v) is 3.92. The van der Waals surface area contributed by atoms with Gasteiger partial charge in [-0.1, -0.05) is 12.1 Å². The van der Waals surface area contributed by atoms with Gasteiger partial charge in [0.15, 0.2) is 5.78 Å². The normalized spacial score (nSPS) is 10.2. The van der Waals surface area contributed by atoms with Gasteiger partial charge in [0.25, 0.3) is 0 Å². The van der Waals surface area contributed by atoms with Crippen LogP contribution in [-0.2, 0) is 6.42 Å². The van der Waals surface area contributed by atoms with Gasteiger partial charge in [0, 0.05) is 24.4 Å². The van der Waals surface area contributed by atoms with E-state index in [4.69, 9.17) is 0 Å². The van der Waals surface area contributed by atoms with E-state index >= 15 is 0 Å². The SMILES string of the molecule is Cc1cnccc1C(=O)Cc1cccc(F)c1. The first-order chi connectivity index (χ1) is 8.16. The Bertz CT molecular complexity index is 551. The number of Topliss-reactive ketones (excluding diaryl/α,β-unsaturated/α-hetero) is 1. The lowest BCUT2D eigenvalue weighted by molar-refractivity contribution is 0.0992. The highest BCUT2D eigenvalue weighted by Gasteiger charge is 2.09. The molecule has 0 aliphatic rings. The van der Waals surface area contributed by atoms with Crippen molar-refractivity contribution in [1.29, 1.82) is 0 Å². The Morgan fingerprint density at radius 3 is 2.88 bits per heavy atom. The first kappa shape index (κ1) is 11.5. The van der Waals surface area contributed by atoms with Crippen molar-refractivity contribution < 1.29 is 9.18 Å². The summed E-state index contributed by atoms with van der Waals surface area (Å²) in [5.74, 6) is -0.336. The van der Waals surface area contributed by atoms with Crippen molar-refractivity contribution in [1.82, 2.24) is 4.98 Å². The first-order valence-corrected chi connectivity index (χ1v) is 5.35. The molecular weight excluding hydrogens is 217 g/mol. The highest BCUT2D eigenvalue weighted by Crippen LogP contribution is 2.11. The molecular formula is C14H12FNO. The zero-order valence-corrected chi connectivity index (χ0v) is 9.48. The average molecular weight is 229 g/mol. The maximum atomic E-state index is 13.0. The van der Waals surface area contributed by atoms with Crippen LogP contribution in [0, 0.1) is 12.7 Å². The van der Waals surface area contributed by atoms with E-state index in [1.165, 1.54) is 12.1 Å². The summed E-state index contributed by atoms with van der Waals surface area (Å²) in [4.78, 5) is 15.9. The van der Waals surface area contributed by atoms with E-state index in [9.17, 15) is 9.18 Å². The van der Waals surface area contributed by atoms with E-state index in [0.29, 0.717) is 11.1 Å². The number of rotatable bonds is 3. The summed E-state index contributed by atoms with van der Waals surface area (Å²) in [5, 5.41) is 0.